The average Bonchev–Trinajstić information content (AvgIpc) is 3.28. The Morgan fingerprint density at radius 1 is 1.08 bits per heavy atom. The van der Waals surface area contributed by atoms with Crippen LogP contribution in [0.15, 0.2) is 60.9 Å². The van der Waals surface area contributed by atoms with Crippen LogP contribution in [0, 0.1) is 17.8 Å². The number of para-hydroxylation sites is 1. The number of nitrogens with zero attached hydrogens (tertiary/aromatic N) is 4. The van der Waals surface area contributed by atoms with Gasteiger partial charge in [-0.2, -0.15) is 0 Å². The molecule has 1 saturated heterocycles. The van der Waals surface area contributed by atoms with Gasteiger partial charge < -0.3 is 19.9 Å². The number of halogens is 1. The van der Waals surface area contributed by atoms with Crippen molar-refractivity contribution in [2.24, 2.45) is 5.92 Å². The van der Waals surface area contributed by atoms with Gasteiger partial charge in [0.05, 0.1) is 5.39 Å². The molecule has 3 heterocycles. The molecule has 4 aromatic rings. The largest absolute Gasteiger partial charge is 0.457 e. The summed E-state index contributed by atoms with van der Waals surface area (Å²) in [7, 11) is 0. The molecule has 1 amide bonds. The molecule has 2 N–H and O–H groups in total. The predicted molar refractivity (Wildman–Crippen MR) is 151 cm³/mol. The number of aromatic nitrogens is 3. The van der Waals surface area contributed by atoms with Crippen LogP contribution in [0.2, 0.25) is 0 Å². The Balaban J connectivity index is 1.54. The van der Waals surface area contributed by atoms with Gasteiger partial charge in [0, 0.05) is 30.6 Å². The van der Waals surface area contributed by atoms with Crippen LogP contribution < -0.4 is 10.5 Å². The summed E-state index contributed by atoms with van der Waals surface area (Å²) in [6.45, 7) is 5.57. The monoisotopic (exact) mass is 527 g/mol. The fourth-order valence-corrected chi connectivity index (χ4v) is 5.07. The van der Waals surface area contributed by atoms with Crippen molar-refractivity contribution in [3.8, 4) is 34.5 Å². The van der Waals surface area contributed by atoms with E-state index in [9.17, 15) is 4.79 Å². The normalized spacial score (nSPS) is 13.9. The SMILES string of the molecule is CC(C)n1c(C#CC2CCN(C(=O)CCl)CC2)c(-c2ccc(Oc3ccccc3)cc2)c2c(N)ncnc21. The van der Waals surface area contributed by atoms with Gasteiger partial charge >= 0.3 is 0 Å². The average molecular weight is 528 g/mol. The van der Waals surface area contributed by atoms with Crippen molar-refractivity contribution in [3.63, 3.8) is 0 Å². The number of fused-ring (bicyclic) bond motifs is 1. The van der Waals surface area contributed by atoms with E-state index in [0.29, 0.717) is 18.9 Å². The molecule has 0 bridgehead atoms. The molecule has 1 aliphatic heterocycles. The Hall–Kier alpha value is -4.02. The molecule has 194 valence electrons. The van der Waals surface area contributed by atoms with Crippen molar-refractivity contribution in [3.05, 3.63) is 66.6 Å². The molecule has 0 aliphatic carbocycles. The molecule has 5 rings (SSSR count). The fraction of sp³-hybridized carbons (Fsp3) is 0.300. The van der Waals surface area contributed by atoms with Crippen molar-refractivity contribution in [2.45, 2.75) is 32.7 Å². The minimum absolute atomic E-state index is 0.0194. The molecule has 0 spiro atoms. The summed E-state index contributed by atoms with van der Waals surface area (Å²) in [5.41, 5.74) is 9.92. The maximum Gasteiger partial charge on any atom is 0.237 e. The van der Waals surface area contributed by atoms with Crippen molar-refractivity contribution in [1.29, 1.82) is 0 Å². The number of likely N-dealkylation sites (tertiary alicyclic amines) is 1. The number of benzene rings is 2. The van der Waals surface area contributed by atoms with Gasteiger partial charge in [-0.05, 0) is 62.4 Å². The Labute approximate surface area is 227 Å². The van der Waals surface area contributed by atoms with E-state index in [1.54, 1.807) is 0 Å². The molecule has 38 heavy (non-hydrogen) atoms. The van der Waals surface area contributed by atoms with E-state index in [0.717, 1.165) is 52.2 Å². The Kier molecular flexibility index (Phi) is 7.52. The summed E-state index contributed by atoms with van der Waals surface area (Å²) in [5.74, 6) is 9.10. The maximum absolute atomic E-state index is 12.0. The first-order chi connectivity index (χ1) is 18.5. The number of hydrogen-bond donors (Lipinski definition) is 1. The standard InChI is InChI=1S/C30H30ClN5O2/c1-20(2)36-25(13-8-21-14-16-35(17-15-21)26(37)18-31)27(28-29(32)33-19-34-30(28)36)22-9-11-24(12-10-22)38-23-6-4-3-5-7-23/h3-7,9-12,19-21H,14-18H2,1-2H3,(H2,32,33,34). The number of alkyl halides is 1. The van der Waals surface area contributed by atoms with Crippen LogP contribution in [0.3, 0.4) is 0 Å². The molecule has 0 saturated carbocycles. The van der Waals surface area contributed by atoms with Crippen LogP contribution in [0.1, 0.15) is 38.4 Å². The molecular formula is C30H30ClN5O2. The van der Waals surface area contributed by atoms with E-state index in [1.807, 2.05) is 59.5 Å². The topological polar surface area (TPSA) is 86.3 Å². The number of anilines is 1. The van der Waals surface area contributed by atoms with Crippen LogP contribution in [0.25, 0.3) is 22.2 Å². The first-order valence-corrected chi connectivity index (χ1v) is 13.3. The highest BCUT2D eigenvalue weighted by atomic mass is 35.5. The second-order valence-electron chi connectivity index (χ2n) is 9.64. The number of carbonyl (C=O) groups excluding carboxylic acids is 1. The van der Waals surface area contributed by atoms with Crippen LogP contribution in [-0.2, 0) is 4.79 Å². The Bertz CT molecular complexity index is 1500. The van der Waals surface area contributed by atoms with Crippen molar-refractivity contribution >= 4 is 34.4 Å². The van der Waals surface area contributed by atoms with Crippen molar-refractivity contribution < 1.29 is 9.53 Å². The quantitative estimate of drug-likeness (QED) is 0.258. The van der Waals surface area contributed by atoms with Gasteiger partial charge in [-0.15, -0.1) is 11.6 Å². The first-order valence-electron chi connectivity index (χ1n) is 12.8. The van der Waals surface area contributed by atoms with Gasteiger partial charge in [-0.25, -0.2) is 9.97 Å². The molecule has 7 nitrogen and oxygen atoms in total. The van der Waals surface area contributed by atoms with Crippen molar-refractivity contribution in [1.82, 2.24) is 19.4 Å². The lowest BCUT2D eigenvalue weighted by molar-refractivity contribution is -0.129. The van der Waals surface area contributed by atoms with E-state index in [1.165, 1.54) is 6.33 Å². The molecule has 1 fully saturated rings. The van der Waals surface area contributed by atoms with Crippen LogP contribution in [-0.4, -0.2) is 44.3 Å². The van der Waals surface area contributed by atoms with E-state index >= 15 is 0 Å². The maximum atomic E-state index is 12.0. The zero-order valence-electron chi connectivity index (χ0n) is 21.5. The van der Waals surface area contributed by atoms with Gasteiger partial charge in [0.2, 0.25) is 5.91 Å². The predicted octanol–water partition coefficient (Wildman–Crippen LogP) is 5.88. The number of piperidine rings is 1. The second-order valence-corrected chi connectivity index (χ2v) is 9.91. The number of hydrogen-bond acceptors (Lipinski definition) is 5. The van der Waals surface area contributed by atoms with Gasteiger partial charge in [-0.3, -0.25) is 4.79 Å². The van der Waals surface area contributed by atoms with E-state index in [2.05, 4.69) is 40.2 Å². The molecule has 0 radical (unpaired) electrons. The van der Waals surface area contributed by atoms with Crippen LogP contribution >= 0.6 is 11.6 Å². The third kappa shape index (κ3) is 5.18. The zero-order valence-corrected chi connectivity index (χ0v) is 22.3. The third-order valence-electron chi connectivity index (χ3n) is 6.81. The minimum atomic E-state index is -0.0194. The van der Waals surface area contributed by atoms with Gasteiger partial charge in [0.25, 0.3) is 0 Å². The van der Waals surface area contributed by atoms with Crippen molar-refractivity contribution in [2.75, 3.05) is 24.7 Å². The van der Waals surface area contributed by atoms with E-state index in [-0.39, 0.29) is 23.7 Å². The molecule has 2 aromatic heterocycles. The summed E-state index contributed by atoms with van der Waals surface area (Å²) in [4.78, 5) is 22.7. The highest BCUT2D eigenvalue weighted by Gasteiger charge is 2.24. The van der Waals surface area contributed by atoms with E-state index in [4.69, 9.17) is 22.1 Å². The molecule has 1 aliphatic rings. The van der Waals surface area contributed by atoms with Gasteiger partial charge in [0.15, 0.2) is 0 Å². The Morgan fingerprint density at radius 3 is 2.42 bits per heavy atom. The van der Waals surface area contributed by atoms with Crippen LogP contribution in [0.5, 0.6) is 11.5 Å². The fourth-order valence-electron chi connectivity index (χ4n) is 4.91. The van der Waals surface area contributed by atoms with Gasteiger partial charge in [-0.1, -0.05) is 36.3 Å². The first kappa shape index (κ1) is 25.6. The van der Waals surface area contributed by atoms with E-state index < -0.39 is 0 Å². The lowest BCUT2D eigenvalue weighted by Crippen LogP contribution is -2.38. The number of ether oxygens (including phenoxy) is 1. The summed E-state index contributed by atoms with van der Waals surface area (Å²) in [6, 6.07) is 17.7. The lowest BCUT2D eigenvalue weighted by atomic mass is 9.96. The lowest BCUT2D eigenvalue weighted by Gasteiger charge is -2.29. The zero-order chi connectivity index (χ0) is 26.6. The number of carbonyl (C=O) groups is 1. The molecule has 8 heteroatoms. The second kappa shape index (κ2) is 11.2. The summed E-state index contributed by atoms with van der Waals surface area (Å²) in [5, 5.41) is 0.796. The molecular weight excluding hydrogens is 498 g/mol. The summed E-state index contributed by atoms with van der Waals surface area (Å²) >= 11 is 5.74. The molecule has 0 atom stereocenters. The third-order valence-corrected chi connectivity index (χ3v) is 7.04. The highest BCUT2D eigenvalue weighted by Crippen LogP contribution is 2.39. The van der Waals surface area contributed by atoms with Gasteiger partial charge in [0.1, 0.15) is 40.9 Å². The number of nitrogen functional groups attached to an aromatic ring is 1. The number of rotatable bonds is 5. The summed E-state index contributed by atoms with van der Waals surface area (Å²) < 4.78 is 8.13. The van der Waals surface area contributed by atoms with Crippen LogP contribution in [0.4, 0.5) is 5.82 Å². The molecule has 2 aromatic carbocycles. The molecule has 0 unspecified atom stereocenters. The highest BCUT2D eigenvalue weighted by molar-refractivity contribution is 6.27. The number of amides is 1. The Morgan fingerprint density at radius 2 is 1.76 bits per heavy atom. The smallest absolute Gasteiger partial charge is 0.237 e. The number of nitrogens with two attached hydrogens (primary N) is 1. The summed E-state index contributed by atoms with van der Waals surface area (Å²) in [6.07, 6.45) is 3.14. The minimum Gasteiger partial charge on any atom is -0.457 e.